The van der Waals surface area contributed by atoms with Gasteiger partial charge in [0.25, 0.3) is 0 Å². The normalized spacial score (nSPS) is 22.6. The van der Waals surface area contributed by atoms with E-state index in [2.05, 4.69) is 5.32 Å². The van der Waals surface area contributed by atoms with Crippen molar-refractivity contribution in [2.24, 2.45) is 0 Å². The summed E-state index contributed by atoms with van der Waals surface area (Å²) in [4.78, 5) is 13.7. The number of halogens is 1. The molecule has 2 aliphatic rings. The molecule has 34 heavy (non-hydrogen) atoms. The van der Waals surface area contributed by atoms with Crippen LogP contribution in [0.25, 0.3) is 0 Å². The van der Waals surface area contributed by atoms with Crippen LogP contribution in [0.3, 0.4) is 0 Å². The monoisotopic (exact) mass is 486 g/mol. The third-order valence-electron chi connectivity index (χ3n) is 6.91. The summed E-state index contributed by atoms with van der Waals surface area (Å²) in [6.07, 6.45) is 1.42. The fourth-order valence-electron chi connectivity index (χ4n) is 4.19. The Kier molecular flexibility index (Phi) is 7.02. The first-order valence-corrected chi connectivity index (χ1v) is 12.8. The highest BCUT2D eigenvalue weighted by Crippen LogP contribution is 2.36. The van der Waals surface area contributed by atoms with Gasteiger partial charge in [-0.15, -0.1) is 0 Å². The molecule has 0 radical (unpaired) electrons. The first kappa shape index (κ1) is 25.0. The molecule has 2 saturated heterocycles. The van der Waals surface area contributed by atoms with Crippen molar-refractivity contribution in [3.63, 3.8) is 0 Å². The summed E-state index contributed by atoms with van der Waals surface area (Å²) in [5.74, 6) is -0.626. The van der Waals surface area contributed by atoms with Gasteiger partial charge in [-0.1, -0.05) is 23.8 Å². The Labute approximate surface area is 203 Å². The number of nitrogens with zero attached hydrogens (tertiary/aromatic N) is 1. The maximum Gasteiger partial charge on any atom is 0.494 e. The fraction of sp³-hybridized carbons (Fsp3) is 0.480. The molecular formula is C25H32BFN2O4S. The van der Waals surface area contributed by atoms with Crippen molar-refractivity contribution in [1.82, 2.24) is 9.62 Å². The van der Waals surface area contributed by atoms with E-state index in [1.54, 1.807) is 10.4 Å². The van der Waals surface area contributed by atoms with E-state index >= 15 is 0 Å². The largest absolute Gasteiger partial charge is 0.494 e. The first-order chi connectivity index (χ1) is 16.0. The topological polar surface area (TPSA) is 67.9 Å². The van der Waals surface area contributed by atoms with Crippen LogP contribution >= 0.6 is 0 Å². The van der Waals surface area contributed by atoms with Crippen molar-refractivity contribution in [2.75, 3.05) is 6.54 Å². The molecule has 0 saturated carbocycles. The van der Waals surface area contributed by atoms with Crippen molar-refractivity contribution in [3.05, 3.63) is 59.4 Å². The Bertz CT molecular complexity index is 1080. The number of benzene rings is 2. The van der Waals surface area contributed by atoms with Crippen LogP contribution in [0.15, 0.2) is 47.4 Å². The first-order valence-electron chi connectivity index (χ1n) is 11.6. The lowest BCUT2D eigenvalue weighted by atomic mass is 9.78. The molecule has 2 fully saturated rings. The molecule has 1 amide bonds. The molecule has 2 aromatic carbocycles. The van der Waals surface area contributed by atoms with Gasteiger partial charge >= 0.3 is 7.12 Å². The Morgan fingerprint density at radius 2 is 1.79 bits per heavy atom. The fourth-order valence-corrected chi connectivity index (χ4v) is 5.56. The SMILES string of the molecule is Cc1ccc(S(=O)N2CCCC2C(=O)NCc2cc(F)cc(B3OC(C)(C)C(C)(C)O3)c2)cc1. The summed E-state index contributed by atoms with van der Waals surface area (Å²) in [6, 6.07) is 11.6. The van der Waals surface area contributed by atoms with Gasteiger partial charge in [0, 0.05) is 13.1 Å². The van der Waals surface area contributed by atoms with Crippen molar-refractivity contribution in [1.29, 1.82) is 0 Å². The molecule has 0 bridgehead atoms. The second kappa shape index (κ2) is 9.53. The summed E-state index contributed by atoms with van der Waals surface area (Å²) in [5.41, 5.74) is 1.22. The van der Waals surface area contributed by atoms with Gasteiger partial charge in [0.2, 0.25) is 5.91 Å². The van der Waals surface area contributed by atoms with Crippen molar-refractivity contribution >= 4 is 29.5 Å². The third kappa shape index (κ3) is 5.12. The van der Waals surface area contributed by atoms with Crippen LogP contribution < -0.4 is 10.8 Å². The standard InChI is InChI=1S/C25H32BFN2O4S/c1-17-8-10-21(11-9-17)34(31)29-12-6-7-22(29)23(30)28-16-18-13-19(15-20(27)14-18)26-32-24(2,3)25(4,5)33-26/h8-11,13-15,22H,6-7,12,16H2,1-5H3,(H,28,30). The van der Waals surface area contributed by atoms with Gasteiger partial charge in [-0.3, -0.25) is 4.79 Å². The molecule has 2 heterocycles. The van der Waals surface area contributed by atoms with Crippen LogP contribution in [-0.2, 0) is 31.6 Å². The minimum atomic E-state index is -1.41. The molecule has 1 N–H and O–H groups in total. The van der Waals surface area contributed by atoms with Crippen molar-refractivity contribution in [3.8, 4) is 0 Å². The highest BCUT2D eigenvalue weighted by atomic mass is 32.2. The molecule has 2 aliphatic heterocycles. The van der Waals surface area contributed by atoms with Gasteiger partial charge in [-0.25, -0.2) is 12.9 Å². The molecule has 9 heteroatoms. The van der Waals surface area contributed by atoms with E-state index in [-0.39, 0.29) is 12.5 Å². The second-order valence-corrected chi connectivity index (χ2v) is 11.5. The molecule has 0 aliphatic carbocycles. The third-order valence-corrected chi connectivity index (χ3v) is 8.45. The van der Waals surface area contributed by atoms with Gasteiger partial charge in [0.05, 0.1) is 16.1 Å². The quantitative estimate of drug-likeness (QED) is 0.637. The highest BCUT2D eigenvalue weighted by Gasteiger charge is 2.51. The predicted octanol–water partition coefficient (Wildman–Crippen LogP) is 3.24. The zero-order valence-electron chi connectivity index (χ0n) is 20.4. The van der Waals surface area contributed by atoms with Crippen LogP contribution in [-0.4, -0.2) is 45.3 Å². The van der Waals surface area contributed by atoms with E-state index in [4.69, 9.17) is 9.31 Å². The minimum Gasteiger partial charge on any atom is -0.399 e. The maximum atomic E-state index is 14.4. The Balaban J connectivity index is 1.43. The smallest absolute Gasteiger partial charge is 0.399 e. The molecule has 6 nitrogen and oxygen atoms in total. The number of nitrogens with one attached hydrogen (secondary N) is 1. The van der Waals surface area contributed by atoms with Gasteiger partial charge in [0.15, 0.2) is 0 Å². The summed E-state index contributed by atoms with van der Waals surface area (Å²) in [6.45, 7) is 10.5. The lowest BCUT2D eigenvalue weighted by Gasteiger charge is -2.32. The molecule has 0 aromatic heterocycles. The zero-order chi connectivity index (χ0) is 24.7. The predicted molar refractivity (Wildman–Crippen MR) is 131 cm³/mol. The lowest BCUT2D eigenvalue weighted by Crippen LogP contribution is -2.43. The van der Waals surface area contributed by atoms with E-state index in [1.807, 2.05) is 58.9 Å². The van der Waals surface area contributed by atoms with Gasteiger partial charge < -0.3 is 14.6 Å². The minimum absolute atomic E-state index is 0.157. The molecular weight excluding hydrogens is 454 g/mol. The number of hydrogen-bond acceptors (Lipinski definition) is 4. The van der Waals surface area contributed by atoms with Gasteiger partial charge in [0.1, 0.15) is 22.8 Å². The Morgan fingerprint density at radius 1 is 1.15 bits per heavy atom. The number of carbonyl (C=O) groups excluding carboxylic acids is 1. The van der Waals surface area contributed by atoms with E-state index in [0.717, 1.165) is 12.0 Å². The Morgan fingerprint density at radius 3 is 2.44 bits per heavy atom. The number of rotatable bonds is 6. The second-order valence-electron chi connectivity index (χ2n) is 10.1. The van der Waals surface area contributed by atoms with Crippen LogP contribution in [0, 0.1) is 12.7 Å². The van der Waals surface area contributed by atoms with E-state index in [0.29, 0.717) is 28.9 Å². The van der Waals surface area contributed by atoms with Crippen molar-refractivity contribution in [2.45, 2.75) is 76.1 Å². The summed E-state index contributed by atoms with van der Waals surface area (Å²) >= 11 is 0. The van der Waals surface area contributed by atoms with Crippen molar-refractivity contribution < 1.29 is 22.7 Å². The number of hydrogen-bond donors (Lipinski definition) is 1. The van der Waals surface area contributed by atoms with Gasteiger partial charge in [-0.2, -0.15) is 0 Å². The van der Waals surface area contributed by atoms with Gasteiger partial charge in [-0.05, 0) is 82.8 Å². The average Bonchev–Trinajstić information content (AvgIpc) is 3.34. The summed E-state index contributed by atoms with van der Waals surface area (Å²) in [7, 11) is -2.09. The average molecular weight is 486 g/mol. The summed E-state index contributed by atoms with van der Waals surface area (Å²) < 4.78 is 41.3. The van der Waals surface area contributed by atoms with Crippen LogP contribution in [0.5, 0.6) is 0 Å². The van der Waals surface area contributed by atoms with E-state index in [9.17, 15) is 13.4 Å². The molecule has 2 aromatic rings. The van der Waals surface area contributed by atoms with E-state index < -0.39 is 41.2 Å². The lowest BCUT2D eigenvalue weighted by molar-refractivity contribution is -0.124. The highest BCUT2D eigenvalue weighted by molar-refractivity contribution is 7.82. The molecule has 2 unspecified atom stereocenters. The number of aryl methyl sites for hydroxylation is 1. The molecule has 0 spiro atoms. The number of carbonyl (C=O) groups is 1. The zero-order valence-corrected chi connectivity index (χ0v) is 21.2. The maximum absolute atomic E-state index is 14.4. The summed E-state index contributed by atoms with van der Waals surface area (Å²) in [5, 5.41) is 2.90. The Hall–Kier alpha value is -2.07. The van der Waals surface area contributed by atoms with Crippen LogP contribution in [0.1, 0.15) is 51.7 Å². The number of amides is 1. The molecule has 2 atom stereocenters. The van der Waals surface area contributed by atoms with Crippen LogP contribution in [0.2, 0.25) is 0 Å². The van der Waals surface area contributed by atoms with E-state index in [1.165, 1.54) is 12.1 Å². The molecule has 4 rings (SSSR count). The molecule has 182 valence electrons. The van der Waals surface area contributed by atoms with Crippen LogP contribution in [0.4, 0.5) is 4.39 Å².